The maximum absolute atomic E-state index is 13.2. The van der Waals surface area contributed by atoms with Crippen LogP contribution in [0.2, 0.25) is 0 Å². The van der Waals surface area contributed by atoms with Crippen molar-refractivity contribution in [2.45, 2.75) is 45.8 Å². The Morgan fingerprint density at radius 3 is 2.39 bits per heavy atom. The molecule has 3 heterocycles. The van der Waals surface area contributed by atoms with Crippen LogP contribution in [0.25, 0.3) is 0 Å². The molecule has 1 atom stereocenters. The van der Waals surface area contributed by atoms with Gasteiger partial charge in [-0.1, -0.05) is 19.1 Å². The lowest BCUT2D eigenvalue weighted by atomic mass is 9.90. The largest absolute Gasteiger partial charge is 0.459 e. The second-order valence-corrected chi connectivity index (χ2v) is 9.92. The van der Waals surface area contributed by atoms with Gasteiger partial charge in [0.15, 0.2) is 5.76 Å². The monoisotopic (exact) mass is 476 g/mol. The van der Waals surface area contributed by atoms with Crippen molar-refractivity contribution in [1.82, 2.24) is 4.90 Å². The third-order valence-electron chi connectivity index (χ3n) is 6.41. The van der Waals surface area contributed by atoms with Crippen molar-refractivity contribution in [1.29, 1.82) is 0 Å². The number of likely N-dealkylation sites (tertiary alicyclic amines) is 1. The van der Waals surface area contributed by atoms with E-state index >= 15 is 0 Å². The molecule has 3 aromatic rings. The van der Waals surface area contributed by atoms with Gasteiger partial charge in [0, 0.05) is 10.4 Å². The molecule has 33 heavy (non-hydrogen) atoms. The number of piperidine rings is 1. The van der Waals surface area contributed by atoms with E-state index in [0.29, 0.717) is 10.9 Å². The number of nitrogens with one attached hydrogen (secondary N) is 1. The van der Waals surface area contributed by atoms with Gasteiger partial charge in [-0.25, -0.2) is 0 Å². The molecule has 1 aliphatic heterocycles. The first-order valence-corrected chi connectivity index (χ1v) is 11.8. The van der Waals surface area contributed by atoms with Crippen LogP contribution in [0.5, 0.6) is 0 Å². The Balaban J connectivity index is 1.76. The molecule has 4 nitrogen and oxygen atoms in total. The van der Waals surface area contributed by atoms with Crippen LogP contribution in [0, 0.1) is 19.8 Å². The SMILES string of the molecule is Cc1sc(NC(=O)c2ccco2)c([C@@H](c2ccc(C(F)(F)F)cc2)N2CCC(C)CC2)c1C. The standard InChI is InChI=1S/C25H27F3N2O2S/c1-15-10-12-30(13-11-15)22(18-6-8-19(9-7-18)25(26,27)28)21-16(2)17(3)33-24(21)29-23(31)20-5-4-14-32-20/h4-9,14-15,22H,10-13H2,1-3H3,(H,29,31)/t22-/m1/s1. The molecule has 2 aromatic heterocycles. The molecule has 8 heteroatoms. The van der Waals surface area contributed by atoms with Crippen molar-refractivity contribution < 1.29 is 22.4 Å². The number of amides is 1. The number of hydrogen-bond donors (Lipinski definition) is 1. The normalized spacial score (nSPS) is 16.7. The highest BCUT2D eigenvalue weighted by Gasteiger charge is 2.34. The van der Waals surface area contributed by atoms with Crippen LogP contribution in [0.15, 0.2) is 47.1 Å². The Morgan fingerprint density at radius 1 is 1.15 bits per heavy atom. The summed E-state index contributed by atoms with van der Waals surface area (Å²) in [6, 6.07) is 8.42. The number of carbonyl (C=O) groups is 1. The predicted octanol–water partition coefficient (Wildman–Crippen LogP) is 7.05. The molecule has 0 bridgehead atoms. The highest BCUT2D eigenvalue weighted by atomic mass is 32.1. The van der Waals surface area contributed by atoms with Gasteiger partial charge in [0.2, 0.25) is 0 Å². The summed E-state index contributed by atoms with van der Waals surface area (Å²) >= 11 is 1.48. The molecule has 0 saturated carbocycles. The molecule has 0 aliphatic carbocycles. The van der Waals surface area contributed by atoms with Crippen LogP contribution in [0.4, 0.5) is 18.2 Å². The predicted molar refractivity (Wildman–Crippen MR) is 124 cm³/mol. The zero-order chi connectivity index (χ0) is 23.8. The number of rotatable bonds is 5. The van der Waals surface area contributed by atoms with E-state index in [2.05, 4.69) is 17.1 Å². The lowest BCUT2D eigenvalue weighted by molar-refractivity contribution is -0.137. The van der Waals surface area contributed by atoms with Crippen molar-refractivity contribution in [3.8, 4) is 0 Å². The molecule has 1 aromatic carbocycles. The lowest BCUT2D eigenvalue weighted by Crippen LogP contribution is -2.37. The Hall–Kier alpha value is -2.58. The van der Waals surface area contributed by atoms with E-state index in [0.717, 1.165) is 59.6 Å². The van der Waals surface area contributed by atoms with Crippen molar-refractivity contribution >= 4 is 22.2 Å². The van der Waals surface area contributed by atoms with Crippen LogP contribution < -0.4 is 5.32 Å². The first kappa shape index (κ1) is 23.6. The molecule has 176 valence electrons. The third kappa shape index (κ3) is 5.01. The van der Waals surface area contributed by atoms with E-state index in [-0.39, 0.29) is 17.7 Å². The van der Waals surface area contributed by atoms with Gasteiger partial charge in [0.1, 0.15) is 5.00 Å². The second-order valence-electron chi connectivity index (χ2n) is 8.70. The maximum atomic E-state index is 13.2. The Kier molecular flexibility index (Phi) is 6.68. The fourth-order valence-corrected chi connectivity index (χ4v) is 5.43. The van der Waals surface area contributed by atoms with Crippen molar-refractivity contribution in [2.75, 3.05) is 18.4 Å². The molecule has 1 amide bonds. The molecule has 1 aliphatic rings. The summed E-state index contributed by atoms with van der Waals surface area (Å²) in [4.78, 5) is 16.1. The number of hydrogen-bond acceptors (Lipinski definition) is 4. The number of furan rings is 1. The summed E-state index contributed by atoms with van der Waals surface area (Å²) in [6.45, 7) is 7.90. The lowest BCUT2D eigenvalue weighted by Gasteiger charge is -2.38. The van der Waals surface area contributed by atoms with Crippen molar-refractivity contribution in [3.63, 3.8) is 0 Å². The number of thiophene rings is 1. The van der Waals surface area contributed by atoms with Gasteiger partial charge >= 0.3 is 6.18 Å². The van der Waals surface area contributed by atoms with Gasteiger partial charge in [-0.05, 0) is 81.1 Å². The summed E-state index contributed by atoms with van der Waals surface area (Å²) in [5, 5.41) is 3.69. The zero-order valence-electron chi connectivity index (χ0n) is 18.8. The highest BCUT2D eigenvalue weighted by Crippen LogP contribution is 2.44. The molecular weight excluding hydrogens is 449 g/mol. The van der Waals surface area contributed by atoms with E-state index in [4.69, 9.17) is 4.42 Å². The maximum Gasteiger partial charge on any atom is 0.416 e. The number of nitrogens with zero attached hydrogens (tertiary/aromatic N) is 1. The fraction of sp³-hybridized carbons (Fsp3) is 0.400. The molecule has 0 spiro atoms. The van der Waals surface area contributed by atoms with E-state index in [1.165, 1.54) is 17.6 Å². The molecule has 0 radical (unpaired) electrons. The van der Waals surface area contributed by atoms with E-state index < -0.39 is 11.7 Å². The number of benzene rings is 1. The summed E-state index contributed by atoms with van der Waals surface area (Å²) in [5.41, 5.74) is 2.10. The Morgan fingerprint density at radius 2 is 1.82 bits per heavy atom. The van der Waals surface area contributed by atoms with Crippen LogP contribution >= 0.6 is 11.3 Å². The average Bonchev–Trinajstić information content (AvgIpc) is 3.40. The Bertz CT molecular complexity index is 1100. The highest BCUT2D eigenvalue weighted by molar-refractivity contribution is 7.16. The molecule has 4 rings (SSSR count). The topological polar surface area (TPSA) is 45.5 Å². The first-order valence-electron chi connectivity index (χ1n) is 11.0. The van der Waals surface area contributed by atoms with Crippen LogP contribution in [-0.2, 0) is 6.18 Å². The quantitative estimate of drug-likeness (QED) is 0.429. The molecule has 1 fully saturated rings. The summed E-state index contributed by atoms with van der Waals surface area (Å²) in [5.74, 6) is 0.474. The van der Waals surface area contributed by atoms with E-state index in [1.54, 1.807) is 24.3 Å². The minimum Gasteiger partial charge on any atom is -0.459 e. The van der Waals surface area contributed by atoms with Crippen molar-refractivity contribution in [2.24, 2.45) is 5.92 Å². The van der Waals surface area contributed by atoms with Gasteiger partial charge in [0.05, 0.1) is 17.9 Å². The summed E-state index contributed by atoms with van der Waals surface area (Å²) in [6.07, 6.45) is -0.896. The third-order valence-corrected chi connectivity index (χ3v) is 7.55. The van der Waals surface area contributed by atoms with Gasteiger partial charge in [-0.15, -0.1) is 11.3 Å². The average molecular weight is 477 g/mol. The van der Waals surface area contributed by atoms with Gasteiger partial charge < -0.3 is 9.73 Å². The Labute approximate surface area is 195 Å². The number of carbonyl (C=O) groups excluding carboxylic acids is 1. The number of halogens is 3. The molecule has 0 unspecified atom stereocenters. The van der Waals surface area contributed by atoms with Crippen LogP contribution in [0.3, 0.4) is 0 Å². The van der Waals surface area contributed by atoms with Gasteiger partial charge in [-0.2, -0.15) is 13.2 Å². The van der Waals surface area contributed by atoms with Crippen LogP contribution in [-0.4, -0.2) is 23.9 Å². The fourth-order valence-electron chi connectivity index (χ4n) is 4.34. The van der Waals surface area contributed by atoms with Crippen molar-refractivity contribution in [3.05, 3.63) is 75.6 Å². The smallest absolute Gasteiger partial charge is 0.416 e. The molecular formula is C25H27F3N2O2S. The first-order chi connectivity index (χ1) is 15.6. The van der Waals surface area contributed by atoms with E-state index in [1.807, 2.05) is 13.8 Å². The summed E-state index contributed by atoms with van der Waals surface area (Å²) < 4.78 is 44.8. The number of anilines is 1. The zero-order valence-corrected chi connectivity index (χ0v) is 19.6. The second kappa shape index (κ2) is 9.35. The number of alkyl halides is 3. The van der Waals surface area contributed by atoms with Gasteiger partial charge in [0.25, 0.3) is 5.91 Å². The van der Waals surface area contributed by atoms with Crippen LogP contribution in [0.1, 0.15) is 63.5 Å². The minimum absolute atomic E-state index is 0.211. The molecule has 1 N–H and O–H groups in total. The van der Waals surface area contributed by atoms with Gasteiger partial charge in [-0.3, -0.25) is 9.69 Å². The minimum atomic E-state index is -4.38. The molecule has 1 saturated heterocycles. The summed E-state index contributed by atoms with van der Waals surface area (Å²) in [7, 11) is 0. The number of aryl methyl sites for hydroxylation is 1. The van der Waals surface area contributed by atoms with E-state index in [9.17, 15) is 18.0 Å².